The molecule has 0 atom stereocenters. The maximum Gasteiger partial charge on any atom is 0.381 e. The van der Waals surface area contributed by atoms with Gasteiger partial charge in [0.25, 0.3) is 5.78 Å². The number of carbonyl (C=O) groups excluding carboxylic acids is 3. The predicted molar refractivity (Wildman–Crippen MR) is 115 cm³/mol. The van der Waals surface area contributed by atoms with Gasteiger partial charge in [-0.3, -0.25) is 9.36 Å². The number of aromatic nitrogens is 1. The zero-order valence-corrected chi connectivity index (χ0v) is 17.6. The lowest BCUT2D eigenvalue weighted by molar-refractivity contribution is -0.137. The largest absolute Gasteiger partial charge is 0.497 e. The van der Waals surface area contributed by atoms with Crippen LogP contribution in [0.1, 0.15) is 34.8 Å². The van der Waals surface area contributed by atoms with Gasteiger partial charge in [-0.15, -0.1) is 0 Å². The lowest BCUT2D eigenvalue weighted by Crippen LogP contribution is -2.22. The fraction of sp³-hybridized carbons (Fsp3) is 0.208. The Bertz CT molecular complexity index is 1080. The van der Waals surface area contributed by atoms with Crippen molar-refractivity contribution < 1.29 is 28.6 Å². The summed E-state index contributed by atoms with van der Waals surface area (Å²) in [5, 5.41) is 0. The Kier molecular flexibility index (Phi) is 6.87. The molecule has 0 N–H and O–H groups in total. The van der Waals surface area contributed by atoms with Crippen LogP contribution in [0.15, 0.2) is 60.7 Å². The number of hydrogen-bond acceptors (Lipinski definition) is 6. The van der Waals surface area contributed by atoms with Gasteiger partial charge in [0.05, 0.1) is 20.3 Å². The van der Waals surface area contributed by atoms with E-state index in [4.69, 9.17) is 14.2 Å². The molecule has 0 bridgehead atoms. The summed E-state index contributed by atoms with van der Waals surface area (Å²) in [6.07, 6.45) is 0. The van der Waals surface area contributed by atoms with Gasteiger partial charge in [0.15, 0.2) is 0 Å². The van der Waals surface area contributed by atoms with Crippen molar-refractivity contribution in [1.82, 2.24) is 4.57 Å². The highest BCUT2D eigenvalue weighted by Gasteiger charge is 2.30. The van der Waals surface area contributed by atoms with Crippen molar-refractivity contribution in [2.75, 3.05) is 20.3 Å². The number of Topliss-reactive ketones (excluding diaryl/α,β-unsaturated/α-hetero) is 1. The maximum absolute atomic E-state index is 13.0. The molecule has 7 heteroatoms. The smallest absolute Gasteiger partial charge is 0.381 e. The van der Waals surface area contributed by atoms with Crippen molar-refractivity contribution in [2.45, 2.75) is 13.8 Å². The average molecular weight is 421 g/mol. The number of rotatable bonds is 8. The molecule has 2 aromatic carbocycles. The van der Waals surface area contributed by atoms with Crippen molar-refractivity contribution >= 4 is 17.7 Å². The first-order valence-electron chi connectivity index (χ1n) is 9.85. The molecule has 0 unspecified atom stereocenters. The van der Waals surface area contributed by atoms with Gasteiger partial charge in [-0.2, -0.15) is 0 Å². The third-order valence-electron chi connectivity index (χ3n) is 4.58. The number of methoxy groups -OCH3 is 1. The third kappa shape index (κ3) is 4.50. The minimum absolute atomic E-state index is 0.00511. The first-order chi connectivity index (χ1) is 15.0. The van der Waals surface area contributed by atoms with Gasteiger partial charge < -0.3 is 14.2 Å². The molecule has 0 fully saturated rings. The van der Waals surface area contributed by atoms with E-state index in [9.17, 15) is 14.4 Å². The van der Waals surface area contributed by atoms with Crippen LogP contribution in [-0.2, 0) is 14.3 Å². The second-order valence-electron chi connectivity index (χ2n) is 6.46. The maximum atomic E-state index is 13.0. The molecular weight excluding hydrogens is 398 g/mol. The molecule has 7 nitrogen and oxygen atoms in total. The fourth-order valence-electron chi connectivity index (χ4n) is 3.22. The minimum atomic E-state index is -0.996. The topological polar surface area (TPSA) is 83.8 Å². The standard InChI is InChI=1S/C24H23NO6/c1-4-30-23(27)21-19(16-9-7-6-8-10-16)15-20(22(26)24(28)31-5-2)25(21)17-11-13-18(29-3)14-12-17/h6-15H,4-5H2,1-3H3. The van der Waals surface area contributed by atoms with Crippen LogP contribution in [0, 0.1) is 0 Å². The molecule has 0 aliphatic rings. The Hall–Kier alpha value is -3.87. The number of nitrogens with zero attached hydrogens (tertiary/aromatic N) is 1. The number of ketones is 1. The number of benzene rings is 2. The summed E-state index contributed by atoms with van der Waals surface area (Å²) in [6, 6.07) is 17.4. The lowest BCUT2D eigenvalue weighted by atomic mass is 10.1. The van der Waals surface area contributed by atoms with E-state index in [1.807, 2.05) is 30.3 Å². The summed E-state index contributed by atoms with van der Waals surface area (Å²) in [7, 11) is 1.54. The zero-order valence-electron chi connectivity index (χ0n) is 17.6. The van der Waals surface area contributed by atoms with Crippen molar-refractivity contribution in [1.29, 1.82) is 0 Å². The number of esters is 2. The monoisotopic (exact) mass is 421 g/mol. The van der Waals surface area contributed by atoms with Crippen molar-refractivity contribution in [3.63, 3.8) is 0 Å². The molecule has 0 saturated carbocycles. The van der Waals surface area contributed by atoms with E-state index >= 15 is 0 Å². The van der Waals surface area contributed by atoms with Crippen LogP contribution in [-0.4, -0.2) is 42.6 Å². The van der Waals surface area contributed by atoms with Crippen molar-refractivity contribution in [2.24, 2.45) is 0 Å². The first-order valence-corrected chi connectivity index (χ1v) is 9.85. The highest BCUT2D eigenvalue weighted by molar-refractivity contribution is 6.40. The average Bonchev–Trinajstić information content (AvgIpc) is 3.20. The van der Waals surface area contributed by atoms with E-state index in [1.54, 1.807) is 38.1 Å². The molecule has 1 aromatic heterocycles. The molecule has 31 heavy (non-hydrogen) atoms. The summed E-state index contributed by atoms with van der Waals surface area (Å²) in [5.74, 6) is -1.86. The number of carbonyl (C=O) groups is 3. The van der Waals surface area contributed by atoms with Crippen LogP contribution < -0.4 is 4.74 Å². The second kappa shape index (κ2) is 9.75. The SMILES string of the molecule is CCOC(=O)C(=O)c1cc(-c2ccccc2)c(C(=O)OCC)n1-c1ccc(OC)cc1. The van der Waals surface area contributed by atoms with Crippen LogP contribution >= 0.6 is 0 Å². The quantitative estimate of drug-likeness (QED) is 0.310. The van der Waals surface area contributed by atoms with Gasteiger partial charge in [-0.1, -0.05) is 30.3 Å². The Morgan fingerprint density at radius 2 is 1.52 bits per heavy atom. The Morgan fingerprint density at radius 1 is 0.871 bits per heavy atom. The van der Waals surface area contributed by atoms with Crippen molar-refractivity contribution in [3.05, 3.63) is 72.1 Å². The molecule has 3 aromatic rings. The lowest BCUT2D eigenvalue weighted by Gasteiger charge is -2.14. The second-order valence-corrected chi connectivity index (χ2v) is 6.46. The Balaban J connectivity index is 2.31. The van der Waals surface area contributed by atoms with Crippen LogP contribution in [0.4, 0.5) is 0 Å². The highest BCUT2D eigenvalue weighted by Crippen LogP contribution is 2.32. The van der Waals surface area contributed by atoms with Gasteiger partial charge >= 0.3 is 11.9 Å². The van der Waals surface area contributed by atoms with E-state index in [-0.39, 0.29) is 24.6 Å². The molecule has 0 radical (unpaired) electrons. The van der Waals surface area contributed by atoms with Crippen molar-refractivity contribution in [3.8, 4) is 22.6 Å². The molecule has 1 heterocycles. The van der Waals surface area contributed by atoms with Gasteiger partial charge in [-0.05, 0) is 49.7 Å². The van der Waals surface area contributed by atoms with Crippen LogP contribution in [0.3, 0.4) is 0 Å². The first kappa shape index (κ1) is 21.8. The minimum Gasteiger partial charge on any atom is -0.497 e. The van der Waals surface area contributed by atoms with E-state index < -0.39 is 17.7 Å². The van der Waals surface area contributed by atoms with Gasteiger partial charge in [0.2, 0.25) is 0 Å². The molecule has 0 spiro atoms. The molecular formula is C24H23NO6. The van der Waals surface area contributed by atoms with E-state index in [0.717, 1.165) is 0 Å². The number of hydrogen-bond donors (Lipinski definition) is 0. The highest BCUT2D eigenvalue weighted by atomic mass is 16.5. The normalized spacial score (nSPS) is 10.4. The van der Waals surface area contributed by atoms with Crippen LogP contribution in [0.5, 0.6) is 5.75 Å². The molecule has 160 valence electrons. The van der Waals surface area contributed by atoms with E-state index in [1.165, 1.54) is 17.7 Å². The molecule has 0 aliphatic carbocycles. The summed E-state index contributed by atoms with van der Waals surface area (Å²) < 4.78 is 16.8. The Labute approximate surface area is 180 Å². The summed E-state index contributed by atoms with van der Waals surface area (Å²) in [5.41, 5.74) is 1.83. The molecule has 0 aliphatic heterocycles. The Morgan fingerprint density at radius 3 is 2.10 bits per heavy atom. The number of ether oxygens (including phenoxy) is 3. The molecule has 3 rings (SSSR count). The summed E-state index contributed by atoms with van der Waals surface area (Å²) in [4.78, 5) is 38.2. The van der Waals surface area contributed by atoms with Crippen LogP contribution in [0.25, 0.3) is 16.8 Å². The summed E-state index contributed by atoms with van der Waals surface area (Å²) >= 11 is 0. The van der Waals surface area contributed by atoms with E-state index in [2.05, 4.69) is 0 Å². The van der Waals surface area contributed by atoms with Gasteiger partial charge in [0.1, 0.15) is 17.1 Å². The molecule has 0 amide bonds. The summed E-state index contributed by atoms with van der Waals surface area (Å²) in [6.45, 7) is 3.53. The fourth-order valence-corrected chi connectivity index (χ4v) is 3.22. The van der Waals surface area contributed by atoms with Crippen LogP contribution in [0.2, 0.25) is 0 Å². The molecule has 0 saturated heterocycles. The predicted octanol–water partition coefficient (Wildman–Crippen LogP) is 4.08. The third-order valence-corrected chi connectivity index (χ3v) is 4.58. The zero-order chi connectivity index (χ0) is 22.4. The van der Waals surface area contributed by atoms with Gasteiger partial charge in [-0.25, -0.2) is 9.59 Å². The van der Waals surface area contributed by atoms with E-state index in [0.29, 0.717) is 22.6 Å². The van der Waals surface area contributed by atoms with Gasteiger partial charge in [0, 0.05) is 11.3 Å².